The van der Waals surface area contributed by atoms with Crippen molar-refractivity contribution in [2.45, 2.75) is 39.5 Å². The van der Waals surface area contributed by atoms with E-state index in [1.54, 1.807) is 6.92 Å². The number of aliphatic carboxylic acids is 1. The second kappa shape index (κ2) is 4.96. The number of carbonyl (C=O) groups is 1. The number of hydrogen-bond donors (Lipinski definition) is 1. The Bertz CT molecular complexity index is 163. The fourth-order valence-electron chi connectivity index (χ4n) is 1.04. The Morgan fingerprint density at radius 3 is 2.50 bits per heavy atom. The molecule has 12 heavy (non-hydrogen) atoms. The van der Waals surface area contributed by atoms with Gasteiger partial charge in [-0.1, -0.05) is 32.3 Å². The molecule has 0 aliphatic rings. The number of carboxylic acid groups (broad SMARTS) is 1. The summed E-state index contributed by atoms with van der Waals surface area (Å²) in [6.07, 6.45) is 5.40. The van der Waals surface area contributed by atoms with E-state index in [-0.39, 0.29) is 0 Å². The standard InChI is InChI=1S/C10H18O2/c1-4-6-7-8-10(3,5-2)9(11)12/h5H,2,4,6-8H2,1,3H3,(H,11,12). The first-order valence-corrected chi connectivity index (χ1v) is 4.44. The molecule has 0 aromatic carbocycles. The van der Waals surface area contributed by atoms with Gasteiger partial charge in [0.05, 0.1) is 5.41 Å². The zero-order chi connectivity index (χ0) is 9.61. The summed E-state index contributed by atoms with van der Waals surface area (Å²) < 4.78 is 0. The normalized spacial score (nSPS) is 15.2. The van der Waals surface area contributed by atoms with Crippen LogP contribution in [0.4, 0.5) is 0 Å². The van der Waals surface area contributed by atoms with Crippen molar-refractivity contribution in [2.24, 2.45) is 5.41 Å². The van der Waals surface area contributed by atoms with Gasteiger partial charge in [-0.15, -0.1) is 6.58 Å². The molecule has 0 radical (unpaired) electrons. The van der Waals surface area contributed by atoms with Crippen LogP contribution in [-0.2, 0) is 4.79 Å². The summed E-state index contributed by atoms with van der Waals surface area (Å²) in [6.45, 7) is 7.38. The molecule has 0 aromatic heterocycles. The fourth-order valence-corrected chi connectivity index (χ4v) is 1.04. The lowest BCUT2D eigenvalue weighted by atomic mass is 9.85. The van der Waals surface area contributed by atoms with Gasteiger partial charge < -0.3 is 5.11 Å². The van der Waals surface area contributed by atoms with Crippen molar-refractivity contribution in [1.29, 1.82) is 0 Å². The van der Waals surface area contributed by atoms with E-state index in [1.165, 1.54) is 6.08 Å². The summed E-state index contributed by atoms with van der Waals surface area (Å²) in [5, 5.41) is 8.86. The summed E-state index contributed by atoms with van der Waals surface area (Å²) in [5.74, 6) is -0.770. The highest BCUT2D eigenvalue weighted by Gasteiger charge is 2.28. The van der Waals surface area contributed by atoms with Gasteiger partial charge in [0.2, 0.25) is 0 Å². The Labute approximate surface area is 74.3 Å². The van der Waals surface area contributed by atoms with Crippen molar-refractivity contribution in [3.63, 3.8) is 0 Å². The minimum atomic E-state index is -0.770. The van der Waals surface area contributed by atoms with Gasteiger partial charge >= 0.3 is 5.97 Å². The number of rotatable bonds is 6. The second-order valence-corrected chi connectivity index (χ2v) is 3.38. The van der Waals surface area contributed by atoms with Gasteiger partial charge in [0.15, 0.2) is 0 Å². The van der Waals surface area contributed by atoms with Crippen molar-refractivity contribution in [3.05, 3.63) is 12.7 Å². The lowest BCUT2D eigenvalue weighted by molar-refractivity contribution is -0.145. The van der Waals surface area contributed by atoms with Crippen molar-refractivity contribution in [2.75, 3.05) is 0 Å². The first kappa shape index (κ1) is 11.2. The molecule has 0 aromatic rings. The molecular formula is C10H18O2. The molecule has 1 unspecified atom stereocenters. The van der Waals surface area contributed by atoms with Crippen LogP contribution in [0.2, 0.25) is 0 Å². The van der Waals surface area contributed by atoms with Crippen LogP contribution in [0.5, 0.6) is 0 Å². The first-order valence-electron chi connectivity index (χ1n) is 4.44. The van der Waals surface area contributed by atoms with Crippen LogP contribution >= 0.6 is 0 Å². The SMILES string of the molecule is C=CC(C)(CCCCC)C(=O)O. The van der Waals surface area contributed by atoms with E-state index in [2.05, 4.69) is 13.5 Å². The molecule has 0 bridgehead atoms. The molecule has 1 N–H and O–H groups in total. The number of hydrogen-bond acceptors (Lipinski definition) is 1. The number of carboxylic acids is 1. The van der Waals surface area contributed by atoms with Gasteiger partial charge in [-0.3, -0.25) is 4.79 Å². The molecule has 1 atom stereocenters. The average molecular weight is 170 g/mol. The summed E-state index contributed by atoms with van der Waals surface area (Å²) >= 11 is 0. The van der Waals surface area contributed by atoms with Gasteiger partial charge in [-0.2, -0.15) is 0 Å². The second-order valence-electron chi connectivity index (χ2n) is 3.38. The zero-order valence-electron chi connectivity index (χ0n) is 7.97. The third-order valence-electron chi connectivity index (χ3n) is 2.24. The van der Waals surface area contributed by atoms with E-state index in [4.69, 9.17) is 5.11 Å². The van der Waals surface area contributed by atoms with E-state index >= 15 is 0 Å². The summed E-state index contributed by atoms with van der Waals surface area (Å²) in [7, 11) is 0. The highest BCUT2D eigenvalue weighted by atomic mass is 16.4. The van der Waals surface area contributed by atoms with Crippen molar-refractivity contribution < 1.29 is 9.90 Å². The quantitative estimate of drug-likeness (QED) is 0.491. The molecule has 0 saturated heterocycles. The first-order chi connectivity index (χ1) is 5.56. The third-order valence-corrected chi connectivity index (χ3v) is 2.24. The van der Waals surface area contributed by atoms with Crippen LogP contribution in [0.3, 0.4) is 0 Å². The van der Waals surface area contributed by atoms with Crippen LogP contribution in [-0.4, -0.2) is 11.1 Å². The van der Waals surface area contributed by atoms with Crippen molar-refractivity contribution in [3.8, 4) is 0 Å². The zero-order valence-corrected chi connectivity index (χ0v) is 7.97. The Morgan fingerprint density at radius 1 is 1.58 bits per heavy atom. The highest BCUT2D eigenvalue weighted by molar-refractivity contribution is 5.76. The minimum Gasteiger partial charge on any atom is -0.481 e. The Hall–Kier alpha value is -0.790. The molecule has 0 amide bonds. The van der Waals surface area contributed by atoms with E-state index < -0.39 is 11.4 Å². The van der Waals surface area contributed by atoms with Gasteiger partial charge in [0, 0.05) is 0 Å². The molecule has 0 spiro atoms. The molecule has 0 heterocycles. The van der Waals surface area contributed by atoms with Gasteiger partial charge in [0.25, 0.3) is 0 Å². The van der Waals surface area contributed by atoms with Crippen molar-refractivity contribution >= 4 is 5.97 Å². The minimum absolute atomic E-state index is 0.694. The molecule has 2 nitrogen and oxygen atoms in total. The van der Waals surface area contributed by atoms with E-state index in [0.29, 0.717) is 6.42 Å². The molecule has 0 rings (SSSR count). The van der Waals surface area contributed by atoms with Gasteiger partial charge in [-0.05, 0) is 13.3 Å². The molecule has 0 saturated carbocycles. The van der Waals surface area contributed by atoms with E-state index in [1.807, 2.05) is 0 Å². The summed E-state index contributed by atoms with van der Waals surface area (Å²) in [5.41, 5.74) is -0.727. The third kappa shape index (κ3) is 3.07. The Balaban J connectivity index is 3.97. The molecule has 0 aliphatic carbocycles. The highest BCUT2D eigenvalue weighted by Crippen LogP contribution is 2.25. The van der Waals surface area contributed by atoms with Crippen LogP contribution in [0.25, 0.3) is 0 Å². The largest absolute Gasteiger partial charge is 0.481 e. The van der Waals surface area contributed by atoms with Crippen LogP contribution in [0.1, 0.15) is 39.5 Å². The molecule has 0 aliphatic heterocycles. The molecule has 70 valence electrons. The monoisotopic (exact) mass is 170 g/mol. The topological polar surface area (TPSA) is 37.3 Å². The maximum Gasteiger partial charge on any atom is 0.313 e. The Morgan fingerprint density at radius 2 is 2.17 bits per heavy atom. The predicted molar refractivity (Wildman–Crippen MR) is 50.1 cm³/mol. The summed E-state index contributed by atoms with van der Waals surface area (Å²) in [6, 6.07) is 0. The maximum absolute atomic E-state index is 10.8. The smallest absolute Gasteiger partial charge is 0.313 e. The fraction of sp³-hybridized carbons (Fsp3) is 0.700. The summed E-state index contributed by atoms with van der Waals surface area (Å²) in [4.78, 5) is 10.8. The lowest BCUT2D eigenvalue weighted by Gasteiger charge is -2.19. The van der Waals surface area contributed by atoms with Crippen LogP contribution in [0.15, 0.2) is 12.7 Å². The Kier molecular flexibility index (Phi) is 4.64. The lowest BCUT2D eigenvalue weighted by Crippen LogP contribution is -2.24. The van der Waals surface area contributed by atoms with E-state index in [0.717, 1.165) is 19.3 Å². The van der Waals surface area contributed by atoms with Crippen LogP contribution < -0.4 is 0 Å². The van der Waals surface area contributed by atoms with Gasteiger partial charge in [-0.25, -0.2) is 0 Å². The average Bonchev–Trinajstić information content (AvgIpc) is 2.04. The predicted octanol–water partition coefficient (Wildman–Crippen LogP) is 2.84. The van der Waals surface area contributed by atoms with Crippen LogP contribution in [0, 0.1) is 5.41 Å². The number of unbranched alkanes of at least 4 members (excludes halogenated alkanes) is 2. The van der Waals surface area contributed by atoms with E-state index in [9.17, 15) is 4.79 Å². The molecular weight excluding hydrogens is 152 g/mol. The molecule has 0 fully saturated rings. The maximum atomic E-state index is 10.8. The van der Waals surface area contributed by atoms with Crippen molar-refractivity contribution in [1.82, 2.24) is 0 Å². The molecule has 2 heteroatoms. The van der Waals surface area contributed by atoms with Gasteiger partial charge in [0.1, 0.15) is 0 Å².